The second kappa shape index (κ2) is 14.5. The van der Waals surface area contributed by atoms with Crippen LogP contribution in [0.15, 0.2) is 42.6 Å². The molecule has 49 heavy (non-hydrogen) atoms. The number of piperidine rings is 3. The number of para-hydroxylation sites is 1. The number of aromatic amines is 1. The molecule has 3 saturated heterocycles. The first-order valence-electron chi connectivity index (χ1n) is 18.6. The van der Waals surface area contributed by atoms with Crippen molar-refractivity contribution in [3.8, 4) is 0 Å². The van der Waals surface area contributed by atoms with Crippen molar-refractivity contribution >= 4 is 34.4 Å². The highest BCUT2D eigenvalue weighted by Gasteiger charge is 2.38. The molecule has 10 nitrogen and oxygen atoms in total. The number of rotatable bonds is 7. The molecule has 262 valence electrons. The van der Waals surface area contributed by atoms with Gasteiger partial charge in [0, 0.05) is 56.3 Å². The van der Waals surface area contributed by atoms with E-state index in [0.29, 0.717) is 25.6 Å². The van der Waals surface area contributed by atoms with Crippen molar-refractivity contribution in [3.05, 3.63) is 59.3 Å². The van der Waals surface area contributed by atoms with Gasteiger partial charge >= 0.3 is 6.03 Å². The standard InChI is InChI=1S/C39H53N7O3/c1-26-22-31(23-32-25-40-42-37(26)32)27(2)34(38(48)45-17-10-29(11-18-45)28-8-15-43(3)16-9-28)24-36(47)44-19-13-33(14-20-44)46-21-12-30-6-4-5-7-35(30)41-39(46)49/h4-7,22-23,25,27-29,33-34H,8-21,24H2,1-3H3,(H,40,42)(H,41,49). The summed E-state index contributed by atoms with van der Waals surface area (Å²) in [5, 5.41) is 11.5. The lowest BCUT2D eigenvalue weighted by Gasteiger charge is -2.41. The van der Waals surface area contributed by atoms with E-state index >= 15 is 0 Å². The van der Waals surface area contributed by atoms with Gasteiger partial charge in [-0.15, -0.1) is 0 Å². The van der Waals surface area contributed by atoms with E-state index in [0.717, 1.165) is 84.4 Å². The van der Waals surface area contributed by atoms with Crippen molar-refractivity contribution < 1.29 is 14.4 Å². The van der Waals surface area contributed by atoms with Crippen LogP contribution >= 0.6 is 0 Å². The Kier molecular flexibility index (Phi) is 9.94. The van der Waals surface area contributed by atoms with Gasteiger partial charge in [0.15, 0.2) is 0 Å². The first-order valence-corrected chi connectivity index (χ1v) is 18.6. The molecule has 4 amide bonds. The molecule has 7 rings (SSSR count). The number of aryl methyl sites for hydroxylation is 1. The zero-order valence-corrected chi connectivity index (χ0v) is 29.5. The Hall–Kier alpha value is -3.92. The van der Waals surface area contributed by atoms with Crippen molar-refractivity contribution in [3.63, 3.8) is 0 Å². The lowest BCUT2D eigenvalue weighted by atomic mass is 9.78. The zero-order valence-electron chi connectivity index (χ0n) is 29.5. The van der Waals surface area contributed by atoms with Crippen LogP contribution in [0.4, 0.5) is 10.5 Å². The SMILES string of the molecule is Cc1cc(C(C)C(CC(=O)N2CCC(N3CCc4ccccc4NC3=O)CC2)C(=O)N2CCC(C3CCN(C)CC3)CC2)cc2cn[nH]c12. The number of nitrogens with one attached hydrogen (secondary N) is 2. The maximum Gasteiger partial charge on any atom is 0.322 e. The topological polar surface area (TPSA) is 105 Å². The molecule has 2 unspecified atom stereocenters. The Balaban J connectivity index is 1.02. The molecule has 3 fully saturated rings. The molecule has 0 spiro atoms. The number of urea groups is 1. The minimum atomic E-state index is -0.441. The zero-order chi connectivity index (χ0) is 34.1. The molecule has 0 bridgehead atoms. The second-order valence-corrected chi connectivity index (χ2v) is 15.2. The predicted molar refractivity (Wildman–Crippen MR) is 192 cm³/mol. The molecule has 2 atom stereocenters. The third-order valence-corrected chi connectivity index (χ3v) is 12.3. The number of aromatic nitrogens is 2. The van der Waals surface area contributed by atoms with E-state index in [9.17, 15) is 14.4 Å². The molecule has 2 aromatic carbocycles. The molecule has 0 saturated carbocycles. The minimum Gasteiger partial charge on any atom is -0.343 e. The molecular formula is C39H53N7O3. The van der Waals surface area contributed by atoms with Gasteiger partial charge in [0.1, 0.15) is 0 Å². The molecule has 2 N–H and O–H groups in total. The van der Waals surface area contributed by atoms with Gasteiger partial charge in [-0.25, -0.2) is 4.79 Å². The predicted octanol–water partition coefficient (Wildman–Crippen LogP) is 5.64. The molecule has 4 aliphatic heterocycles. The summed E-state index contributed by atoms with van der Waals surface area (Å²) in [6, 6.07) is 12.3. The molecule has 3 aromatic rings. The van der Waals surface area contributed by atoms with E-state index < -0.39 is 5.92 Å². The van der Waals surface area contributed by atoms with Crippen LogP contribution in [0, 0.1) is 24.7 Å². The quantitative estimate of drug-likeness (QED) is 0.339. The number of anilines is 1. The summed E-state index contributed by atoms with van der Waals surface area (Å²) in [6.45, 7) is 9.94. The van der Waals surface area contributed by atoms with Crippen molar-refractivity contribution in [2.75, 3.05) is 58.2 Å². The monoisotopic (exact) mass is 667 g/mol. The fourth-order valence-electron chi connectivity index (χ4n) is 9.05. The van der Waals surface area contributed by atoms with E-state index in [1.54, 1.807) is 0 Å². The number of hydrogen-bond acceptors (Lipinski definition) is 5. The molecule has 0 radical (unpaired) electrons. The highest BCUT2D eigenvalue weighted by molar-refractivity contribution is 5.91. The number of carbonyl (C=O) groups excluding carboxylic acids is 3. The van der Waals surface area contributed by atoms with E-state index in [1.165, 1.54) is 25.9 Å². The van der Waals surface area contributed by atoms with Gasteiger partial charge in [-0.3, -0.25) is 14.7 Å². The van der Waals surface area contributed by atoms with Crippen LogP contribution < -0.4 is 5.32 Å². The van der Waals surface area contributed by atoms with Crippen molar-refractivity contribution in [1.29, 1.82) is 0 Å². The number of hydrogen-bond donors (Lipinski definition) is 2. The van der Waals surface area contributed by atoms with Crippen LogP contribution in [-0.4, -0.2) is 107 Å². The number of nitrogens with zero attached hydrogens (tertiary/aromatic N) is 5. The van der Waals surface area contributed by atoms with Crippen LogP contribution in [0.25, 0.3) is 10.9 Å². The maximum atomic E-state index is 14.5. The molecule has 0 aliphatic carbocycles. The minimum absolute atomic E-state index is 0.0405. The molecule has 5 heterocycles. The summed E-state index contributed by atoms with van der Waals surface area (Å²) in [7, 11) is 2.21. The van der Waals surface area contributed by atoms with Gasteiger partial charge in [-0.2, -0.15) is 5.10 Å². The van der Waals surface area contributed by atoms with Gasteiger partial charge in [0.25, 0.3) is 0 Å². The number of H-pyrrole nitrogens is 1. The van der Waals surface area contributed by atoms with E-state index in [2.05, 4.69) is 64.4 Å². The smallest absolute Gasteiger partial charge is 0.322 e. The summed E-state index contributed by atoms with van der Waals surface area (Å²) in [6.07, 6.45) is 8.95. The normalized spacial score (nSPS) is 21.7. The summed E-state index contributed by atoms with van der Waals surface area (Å²) >= 11 is 0. The Morgan fingerprint density at radius 3 is 2.31 bits per heavy atom. The average molecular weight is 668 g/mol. The van der Waals surface area contributed by atoms with Crippen molar-refractivity contribution in [1.82, 2.24) is 29.8 Å². The molecule has 1 aromatic heterocycles. The largest absolute Gasteiger partial charge is 0.343 e. The summed E-state index contributed by atoms with van der Waals surface area (Å²) in [4.78, 5) is 50.1. The van der Waals surface area contributed by atoms with Crippen LogP contribution in [0.2, 0.25) is 0 Å². The third-order valence-electron chi connectivity index (χ3n) is 12.3. The summed E-state index contributed by atoms with van der Waals surface area (Å²) in [5.74, 6) is 1.03. The van der Waals surface area contributed by atoms with E-state index in [-0.39, 0.29) is 36.2 Å². The lowest BCUT2D eigenvalue weighted by molar-refractivity contribution is -0.143. The summed E-state index contributed by atoms with van der Waals surface area (Å²) < 4.78 is 0. The summed E-state index contributed by atoms with van der Waals surface area (Å²) in [5.41, 5.74) is 5.22. The van der Waals surface area contributed by atoms with Gasteiger partial charge in [0.05, 0.1) is 17.6 Å². The Bertz CT molecular complexity index is 1650. The third kappa shape index (κ3) is 7.21. The van der Waals surface area contributed by atoms with E-state index in [4.69, 9.17) is 0 Å². The molecule has 10 heteroatoms. The molecule has 4 aliphatic rings. The van der Waals surface area contributed by atoms with Crippen LogP contribution in [0.3, 0.4) is 0 Å². The number of benzene rings is 2. The van der Waals surface area contributed by atoms with Crippen molar-refractivity contribution in [2.45, 2.75) is 77.2 Å². The second-order valence-electron chi connectivity index (χ2n) is 15.2. The van der Waals surface area contributed by atoms with E-state index in [1.807, 2.05) is 34.2 Å². The maximum absolute atomic E-state index is 14.5. The highest BCUT2D eigenvalue weighted by atomic mass is 16.2. The van der Waals surface area contributed by atoms with Gasteiger partial charge in [0.2, 0.25) is 11.8 Å². The Morgan fingerprint density at radius 1 is 0.898 bits per heavy atom. The lowest BCUT2D eigenvalue weighted by Crippen LogP contribution is -2.51. The number of amides is 4. The number of carbonyl (C=O) groups is 3. The van der Waals surface area contributed by atoms with Gasteiger partial charge in [-0.05, 0) is 119 Å². The van der Waals surface area contributed by atoms with Crippen LogP contribution in [0.5, 0.6) is 0 Å². The van der Waals surface area contributed by atoms with Gasteiger partial charge < -0.3 is 24.9 Å². The first kappa shape index (κ1) is 33.6. The number of likely N-dealkylation sites (tertiary alicyclic amines) is 3. The fraction of sp³-hybridized carbons (Fsp3) is 0.590. The fourth-order valence-corrected chi connectivity index (χ4v) is 9.05. The number of fused-ring (bicyclic) bond motifs is 2. The first-order chi connectivity index (χ1) is 23.7. The Labute approximate surface area is 290 Å². The van der Waals surface area contributed by atoms with Crippen LogP contribution in [-0.2, 0) is 16.0 Å². The molecular weight excluding hydrogens is 614 g/mol. The average Bonchev–Trinajstić information content (AvgIpc) is 3.54. The Morgan fingerprint density at radius 2 is 1.57 bits per heavy atom. The van der Waals surface area contributed by atoms with Crippen LogP contribution in [0.1, 0.15) is 74.5 Å². The van der Waals surface area contributed by atoms with Gasteiger partial charge in [-0.1, -0.05) is 31.2 Å². The highest BCUT2D eigenvalue weighted by Crippen LogP contribution is 2.36. The van der Waals surface area contributed by atoms with Crippen molar-refractivity contribution in [2.24, 2.45) is 17.8 Å².